The number of rotatable bonds is 6. The molecule has 8 heteroatoms. The highest BCUT2D eigenvalue weighted by atomic mass is 16.3. The summed E-state index contributed by atoms with van der Waals surface area (Å²) < 4.78 is 1.67. The highest BCUT2D eigenvalue weighted by Crippen LogP contribution is 2.49. The summed E-state index contributed by atoms with van der Waals surface area (Å²) in [5, 5.41) is 13.6. The Balaban J connectivity index is 1.57. The van der Waals surface area contributed by atoms with Crippen molar-refractivity contribution in [3.63, 3.8) is 0 Å². The molecule has 1 aromatic carbocycles. The summed E-state index contributed by atoms with van der Waals surface area (Å²) in [5.74, 6) is -1.59. The van der Waals surface area contributed by atoms with Gasteiger partial charge in [0.2, 0.25) is 5.91 Å². The number of fused-ring (bicyclic) bond motifs is 3. The second-order valence-corrected chi connectivity index (χ2v) is 9.60. The van der Waals surface area contributed by atoms with Gasteiger partial charge in [0, 0.05) is 42.4 Å². The number of aliphatic hydroxyl groups excluding tert-OH is 1. The number of likely N-dealkylation sites (tertiary alicyclic amines) is 1. The van der Waals surface area contributed by atoms with Crippen LogP contribution in [0.15, 0.2) is 77.7 Å². The molecule has 5 rings (SSSR count). The molecule has 5 atom stereocenters. The molecule has 37 heavy (non-hydrogen) atoms. The number of benzene rings is 1. The number of hydrogen-bond donors (Lipinski definition) is 2. The average Bonchev–Trinajstić information content (AvgIpc) is 3.46. The second kappa shape index (κ2) is 10.1. The Bertz CT molecular complexity index is 1390. The molecular weight excluding hydrogens is 468 g/mol. The lowest BCUT2D eigenvalue weighted by molar-refractivity contribution is -0.127. The minimum Gasteiger partial charge on any atom is -0.396 e. The molecular formula is C29H30N4O4. The summed E-state index contributed by atoms with van der Waals surface area (Å²) in [4.78, 5) is 46.6. The van der Waals surface area contributed by atoms with E-state index in [0.717, 1.165) is 5.56 Å². The standard InChI is InChI=1S/C29H30N4O4/c1-3-9-20-13-14-24-25-21(16-32(24)28(20)36)22(17-34)26(33(25)29(37)23-12-7-8-15-30-23)27(35)31-18(2)19-10-5-4-6-11-19/h3-15,18,21-22,25-26,34H,16-17H2,1-2H3,(H,31,35)/b9-3-/t18-,21-,22-,25+,26-/m0/s1. The van der Waals surface area contributed by atoms with E-state index in [1.165, 1.54) is 11.1 Å². The van der Waals surface area contributed by atoms with Crippen molar-refractivity contribution in [2.24, 2.45) is 11.8 Å². The molecule has 3 aromatic rings. The zero-order chi connectivity index (χ0) is 26.1. The lowest BCUT2D eigenvalue weighted by atomic mass is 9.88. The maximum Gasteiger partial charge on any atom is 0.273 e. The van der Waals surface area contributed by atoms with Crippen molar-refractivity contribution in [3.8, 4) is 0 Å². The fourth-order valence-electron chi connectivity index (χ4n) is 5.78. The van der Waals surface area contributed by atoms with Crippen LogP contribution >= 0.6 is 0 Å². The molecule has 4 heterocycles. The Morgan fingerprint density at radius 2 is 1.89 bits per heavy atom. The van der Waals surface area contributed by atoms with Gasteiger partial charge < -0.3 is 19.9 Å². The molecule has 0 bridgehead atoms. The predicted molar refractivity (Wildman–Crippen MR) is 139 cm³/mol. The van der Waals surface area contributed by atoms with E-state index in [4.69, 9.17) is 0 Å². The minimum atomic E-state index is -0.917. The summed E-state index contributed by atoms with van der Waals surface area (Å²) in [5.41, 5.74) is 2.22. The van der Waals surface area contributed by atoms with Crippen molar-refractivity contribution >= 4 is 17.9 Å². The predicted octanol–water partition coefficient (Wildman–Crippen LogP) is 2.96. The van der Waals surface area contributed by atoms with Gasteiger partial charge in [-0.3, -0.25) is 19.4 Å². The molecule has 2 aromatic heterocycles. The van der Waals surface area contributed by atoms with E-state index in [0.29, 0.717) is 17.8 Å². The molecule has 1 saturated heterocycles. The maximum absolute atomic E-state index is 13.9. The Morgan fingerprint density at radius 3 is 2.57 bits per heavy atom. The Kier molecular flexibility index (Phi) is 6.76. The van der Waals surface area contributed by atoms with E-state index in [2.05, 4.69) is 10.3 Å². The first-order chi connectivity index (χ1) is 18.0. The molecule has 0 radical (unpaired) electrons. The number of carbonyl (C=O) groups excluding carboxylic acids is 2. The van der Waals surface area contributed by atoms with Crippen molar-refractivity contribution in [2.45, 2.75) is 38.5 Å². The third-order valence-electron chi connectivity index (χ3n) is 7.50. The van der Waals surface area contributed by atoms with Gasteiger partial charge in [0.15, 0.2) is 0 Å². The Morgan fingerprint density at radius 1 is 1.14 bits per heavy atom. The average molecular weight is 499 g/mol. The highest BCUT2D eigenvalue weighted by molar-refractivity contribution is 5.97. The summed E-state index contributed by atoms with van der Waals surface area (Å²) in [6.07, 6.45) is 5.10. The number of allylic oxidation sites excluding steroid dienone is 1. The number of aliphatic hydroxyl groups is 1. The molecule has 2 aliphatic rings. The molecule has 190 valence electrons. The Labute approximate surface area is 215 Å². The SMILES string of the molecule is C/C=C\c1ccc2n(c1=O)C[C@H]1[C@H](CO)[C@@H](C(=O)N[C@@H](C)c3ccccc3)N(C(=O)c3ccccn3)[C@@H]21. The van der Waals surface area contributed by atoms with E-state index < -0.39 is 23.9 Å². The number of aromatic nitrogens is 2. The van der Waals surface area contributed by atoms with Crippen molar-refractivity contribution in [3.05, 3.63) is 106 Å². The van der Waals surface area contributed by atoms with Gasteiger partial charge in [-0.1, -0.05) is 48.6 Å². The number of hydrogen-bond acceptors (Lipinski definition) is 5. The molecule has 1 fully saturated rings. The van der Waals surface area contributed by atoms with Crippen LogP contribution in [0.2, 0.25) is 0 Å². The van der Waals surface area contributed by atoms with E-state index in [1.807, 2.05) is 50.2 Å². The molecule has 8 nitrogen and oxygen atoms in total. The van der Waals surface area contributed by atoms with Crippen LogP contribution in [0.25, 0.3) is 6.08 Å². The van der Waals surface area contributed by atoms with Crippen LogP contribution in [-0.4, -0.2) is 44.0 Å². The van der Waals surface area contributed by atoms with Crippen molar-refractivity contribution in [1.82, 2.24) is 19.8 Å². The van der Waals surface area contributed by atoms with Crippen LogP contribution < -0.4 is 10.9 Å². The lowest BCUT2D eigenvalue weighted by Crippen LogP contribution is -2.51. The van der Waals surface area contributed by atoms with Gasteiger partial charge in [0.05, 0.1) is 12.1 Å². The van der Waals surface area contributed by atoms with Gasteiger partial charge in [0.1, 0.15) is 11.7 Å². The van der Waals surface area contributed by atoms with Crippen molar-refractivity contribution in [1.29, 1.82) is 0 Å². The second-order valence-electron chi connectivity index (χ2n) is 9.60. The lowest BCUT2D eigenvalue weighted by Gasteiger charge is -2.31. The Hall–Kier alpha value is -4.04. The number of amides is 2. The number of nitrogens with one attached hydrogen (secondary N) is 1. The topological polar surface area (TPSA) is 105 Å². The van der Waals surface area contributed by atoms with Crippen molar-refractivity contribution < 1.29 is 14.7 Å². The first-order valence-corrected chi connectivity index (χ1v) is 12.5. The first kappa shape index (κ1) is 24.6. The van der Waals surface area contributed by atoms with Gasteiger partial charge in [-0.2, -0.15) is 0 Å². The van der Waals surface area contributed by atoms with Crippen LogP contribution in [0.4, 0.5) is 0 Å². The quantitative estimate of drug-likeness (QED) is 0.544. The monoisotopic (exact) mass is 498 g/mol. The summed E-state index contributed by atoms with van der Waals surface area (Å²) in [7, 11) is 0. The van der Waals surface area contributed by atoms with Crippen LogP contribution in [0.1, 0.15) is 53.2 Å². The zero-order valence-electron chi connectivity index (χ0n) is 20.8. The molecule has 2 aliphatic heterocycles. The molecule has 2 amide bonds. The molecule has 2 N–H and O–H groups in total. The molecule has 0 aliphatic carbocycles. The highest BCUT2D eigenvalue weighted by Gasteiger charge is 2.57. The summed E-state index contributed by atoms with van der Waals surface area (Å²) in [6, 6.07) is 16.5. The smallest absolute Gasteiger partial charge is 0.273 e. The maximum atomic E-state index is 13.9. The van der Waals surface area contributed by atoms with E-state index in [9.17, 15) is 19.5 Å². The molecule has 0 saturated carbocycles. The number of nitrogens with zero attached hydrogens (tertiary/aromatic N) is 3. The first-order valence-electron chi connectivity index (χ1n) is 12.5. The minimum absolute atomic E-state index is 0.148. The van der Waals surface area contributed by atoms with Gasteiger partial charge in [0.25, 0.3) is 11.5 Å². The zero-order valence-corrected chi connectivity index (χ0v) is 20.8. The summed E-state index contributed by atoms with van der Waals surface area (Å²) in [6.45, 7) is 3.76. The van der Waals surface area contributed by atoms with Crippen molar-refractivity contribution in [2.75, 3.05) is 6.61 Å². The fraction of sp³-hybridized carbons (Fsp3) is 0.310. The molecule has 0 unspecified atom stereocenters. The third kappa shape index (κ3) is 4.27. The van der Waals surface area contributed by atoms with Crippen LogP contribution in [0.5, 0.6) is 0 Å². The van der Waals surface area contributed by atoms with E-state index in [-0.39, 0.29) is 35.7 Å². The van der Waals surface area contributed by atoms with Gasteiger partial charge in [-0.05, 0) is 43.7 Å². The molecule has 0 spiro atoms. The van der Waals surface area contributed by atoms with E-state index >= 15 is 0 Å². The largest absolute Gasteiger partial charge is 0.396 e. The van der Waals surface area contributed by atoms with Crippen LogP contribution in [-0.2, 0) is 11.3 Å². The fourth-order valence-corrected chi connectivity index (χ4v) is 5.78. The van der Waals surface area contributed by atoms with Gasteiger partial charge >= 0.3 is 0 Å². The number of pyridine rings is 2. The van der Waals surface area contributed by atoms with Gasteiger partial charge in [-0.25, -0.2) is 0 Å². The van der Waals surface area contributed by atoms with Crippen LogP contribution in [0.3, 0.4) is 0 Å². The van der Waals surface area contributed by atoms with Crippen LogP contribution in [0, 0.1) is 11.8 Å². The van der Waals surface area contributed by atoms with Gasteiger partial charge in [-0.15, -0.1) is 0 Å². The summed E-state index contributed by atoms with van der Waals surface area (Å²) >= 11 is 0. The number of carbonyl (C=O) groups is 2. The third-order valence-corrected chi connectivity index (χ3v) is 7.50. The van der Waals surface area contributed by atoms with E-state index in [1.54, 1.807) is 41.0 Å². The normalized spacial score (nSPS) is 23.1.